The molecule has 0 saturated carbocycles. The average Bonchev–Trinajstić information content (AvgIpc) is 3.27. The second kappa shape index (κ2) is 5.43. The van der Waals surface area contributed by atoms with Crippen molar-refractivity contribution < 1.29 is 22.4 Å². The molecule has 5 aliphatic rings. The van der Waals surface area contributed by atoms with Crippen LogP contribution in [0.2, 0.25) is 0 Å². The van der Waals surface area contributed by atoms with E-state index in [1.54, 1.807) is 0 Å². The van der Waals surface area contributed by atoms with Gasteiger partial charge < -0.3 is 0 Å². The van der Waals surface area contributed by atoms with Crippen LogP contribution in [0.25, 0.3) is 0 Å². The molecule has 5 saturated heterocycles. The molecule has 6 nitrogen and oxygen atoms in total. The van der Waals surface area contributed by atoms with Gasteiger partial charge in [0.15, 0.2) is 0 Å². The molecule has 6 heteroatoms. The number of rotatable bonds is 3. The van der Waals surface area contributed by atoms with Crippen LogP contribution in [0.3, 0.4) is 0 Å². The summed E-state index contributed by atoms with van der Waals surface area (Å²) >= 11 is 0. The maximum absolute atomic E-state index is 2.59. The third-order valence-corrected chi connectivity index (χ3v) is 9.59. The van der Waals surface area contributed by atoms with Crippen molar-refractivity contribution in [2.24, 2.45) is 0 Å². The van der Waals surface area contributed by atoms with Crippen LogP contribution in [-0.4, -0.2) is 160 Å². The van der Waals surface area contributed by atoms with E-state index < -0.39 is 0 Å². The van der Waals surface area contributed by atoms with Gasteiger partial charge in [-0.3, -0.25) is 13.9 Å². The molecular formula is C20H43N6+5. The fourth-order valence-electron chi connectivity index (χ4n) is 7.83. The van der Waals surface area contributed by atoms with Crippen LogP contribution < -0.4 is 0 Å². The van der Waals surface area contributed by atoms with Gasteiger partial charge in [0.2, 0.25) is 6.67 Å². The molecule has 4 unspecified atom stereocenters. The summed E-state index contributed by atoms with van der Waals surface area (Å²) in [6, 6.07) is 0. The van der Waals surface area contributed by atoms with Crippen molar-refractivity contribution in [2.75, 3.05) is 126 Å². The lowest BCUT2D eigenvalue weighted by molar-refractivity contribution is -1.18. The molecule has 5 aliphatic heterocycles. The molecule has 5 rings (SSSR count). The number of fused-ring (bicyclic) bond motifs is 2. The fourth-order valence-corrected chi connectivity index (χ4v) is 7.83. The lowest BCUT2D eigenvalue weighted by atomic mass is 10.3. The van der Waals surface area contributed by atoms with Crippen LogP contribution in [0.4, 0.5) is 0 Å². The average molecular weight is 368 g/mol. The summed E-state index contributed by atoms with van der Waals surface area (Å²) in [5.41, 5.74) is 0. The Hall–Kier alpha value is -0.240. The van der Waals surface area contributed by atoms with E-state index in [-0.39, 0.29) is 0 Å². The highest BCUT2D eigenvalue weighted by Gasteiger charge is 2.73. The second-order valence-corrected chi connectivity index (χ2v) is 11.6. The van der Waals surface area contributed by atoms with Crippen LogP contribution in [0.1, 0.15) is 0 Å². The van der Waals surface area contributed by atoms with Crippen molar-refractivity contribution in [3.05, 3.63) is 0 Å². The van der Waals surface area contributed by atoms with E-state index in [0.717, 1.165) is 6.29 Å². The van der Waals surface area contributed by atoms with Crippen LogP contribution in [0.15, 0.2) is 0 Å². The topological polar surface area (TPSA) is 3.24 Å². The van der Waals surface area contributed by atoms with E-state index in [1.165, 1.54) is 121 Å². The molecule has 0 aliphatic carbocycles. The molecule has 5 heterocycles. The molecule has 0 aromatic heterocycles. The van der Waals surface area contributed by atoms with Crippen molar-refractivity contribution in [1.82, 2.24) is 4.90 Å². The zero-order chi connectivity index (χ0) is 18.3. The zero-order valence-electron chi connectivity index (χ0n) is 17.9. The van der Waals surface area contributed by atoms with Crippen molar-refractivity contribution >= 4 is 0 Å². The van der Waals surface area contributed by atoms with Gasteiger partial charge in [-0.25, -0.2) is 13.4 Å². The Morgan fingerprint density at radius 1 is 0.692 bits per heavy atom. The minimum atomic E-state index is 0.856. The molecule has 0 aromatic carbocycles. The largest absolute Gasteiger partial charge is 0.344 e. The third kappa shape index (κ3) is 2.46. The summed E-state index contributed by atoms with van der Waals surface area (Å²) in [6.45, 7) is 21.0. The molecule has 148 valence electrons. The van der Waals surface area contributed by atoms with Gasteiger partial charge >= 0.3 is 6.29 Å². The van der Waals surface area contributed by atoms with Gasteiger partial charge in [-0.05, 0) is 7.05 Å². The first-order chi connectivity index (χ1) is 12.2. The maximum Gasteiger partial charge on any atom is 0.344 e. The molecule has 0 spiro atoms. The highest BCUT2D eigenvalue weighted by Crippen LogP contribution is 2.45. The Balaban J connectivity index is 1.36. The van der Waals surface area contributed by atoms with Crippen molar-refractivity contribution in [2.45, 2.75) is 6.29 Å². The molecular weight excluding hydrogens is 324 g/mol. The lowest BCUT2D eigenvalue weighted by Gasteiger charge is -2.41. The van der Waals surface area contributed by atoms with Gasteiger partial charge in [-0.1, -0.05) is 0 Å². The number of likely N-dealkylation sites (N-methyl/N-ethyl adjacent to an activating group) is 4. The minimum Gasteiger partial charge on any atom is -0.295 e. The Kier molecular flexibility index (Phi) is 3.72. The van der Waals surface area contributed by atoms with Crippen molar-refractivity contribution in [3.63, 3.8) is 0 Å². The SMILES string of the molecule is CN1CC[N+]2(C)CC[N+](CC[N+]34CC[N+]5(C)CC[N+](C)(CC3)C54)(CC1)C2. The van der Waals surface area contributed by atoms with Crippen LogP contribution >= 0.6 is 0 Å². The summed E-state index contributed by atoms with van der Waals surface area (Å²) in [5.74, 6) is 0. The fraction of sp³-hybridized carbons (Fsp3) is 1.00. The zero-order valence-corrected chi connectivity index (χ0v) is 17.9. The smallest absolute Gasteiger partial charge is 0.295 e. The molecule has 0 N–H and O–H groups in total. The van der Waals surface area contributed by atoms with Gasteiger partial charge in [0.05, 0.1) is 34.2 Å². The third-order valence-electron chi connectivity index (χ3n) is 9.59. The predicted octanol–water partition coefficient (Wildman–Crippen LogP) is -0.799. The highest BCUT2D eigenvalue weighted by atomic mass is 15.8. The monoisotopic (exact) mass is 367 g/mol. The maximum atomic E-state index is 2.59. The van der Waals surface area contributed by atoms with Gasteiger partial charge in [0, 0.05) is 13.1 Å². The Morgan fingerprint density at radius 3 is 2.00 bits per heavy atom. The van der Waals surface area contributed by atoms with Gasteiger partial charge in [-0.15, -0.1) is 0 Å². The van der Waals surface area contributed by atoms with Crippen LogP contribution in [0.5, 0.6) is 0 Å². The van der Waals surface area contributed by atoms with Crippen LogP contribution in [-0.2, 0) is 0 Å². The molecule has 0 amide bonds. The number of quaternary nitrogens is 5. The van der Waals surface area contributed by atoms with E-state index >= 15 is 0 Å². The summed E-state index contributed by atoms with van der Waals surface area (Å²) in [4.78, 5) is 2.59. The lowest BCUT2D eigenvalue weighted by Crippen LogP contribution is -2.65. The number of hydrogen-bond acceptors (Lipinski definition) is 1. The first-order valence-electron chi connectivity index (χ1n) is 11.1. The van der Waals surface area contributed by atoms with Gasteiger partial charge in [0.1, 0.15) is 65.4 Å². The predicted molar refractivity (Wildman–Crippen MR) is 104 cm³/mol. The Bertz CT molecular complexity index is 575. The van der Waals surface area contributed by atoms with E-state index in [9.17, 15) is 0 Å². The molecule has 26 heavy (non-hydrogen) atoms. The summed E-state index contributed by atoms with van der Waals surface area (Å²) in [6.07, 6.45) is 0.856. The summed E-state index contributed by atoms with van der Waals surface area (Å²) < 4.78 is 6.91. The van der Waals surface area contributed by atoms with Crippen molar-refractivity contribution in [1.29, 1.82) is 0 Å². The number of nitrogens with zero attached hydrogens (tertiary/aromatic N) is 6. The van der Waals surface area contributed by atoms with Gasteiger partial charge in [0.25, 0.3) is 0 Å². The normalized spacial score (nSPS) is 56.5. The molecule has 5 fully saturated rings. The Labute approximate surface area is 160 Å². The molecule has 2 bridgehead atoms. The quantitative estimate of drug-likeness (QED) is 0.591. The summed E-state index contributed by atoms with van der Waals surface area (Å²) in [5, 5.41) is 0. The van der Waals surface area contributed by atoms with Crippen molar-refractivity contribution in [3.8, 4) is 0 Å². The highest BCUT2D eigenvalue weighted by molar-refractivity contribution is 4.68. The molecule has 4 atom stereocenters. The van der Waals surface area contributed by atoms with E-state index in [2.05, 4.69) is 33.1 Å². The molecule has 0 aromatic rings. The first-order valence-corrected chi connectivity index (χ1v) is 11.1. The van der Waals surface area contributed by atoms with E-state index in [4.69, 9.17) is 0 Å². The summed E-state index contributed by atoms with van der Waals surface area (Å²) in [7, 11) is 10.0. The standard InChI is InChI=1S/C20H43N6/c1-21-5-7-22(2)9-14-25(19-22,8-6-21)15-18-26-16-12-23(3)10-11-24(4,13-17-26)20(23)26/h20H,5-19H2,1-4H3/q+5. The molecule has 0 radical (unpaired) electrons. The first kappa shape index (κ1) is 17.8. The Morgan fingerprint density at radius 2 is 1.31 bits per heavy atom. The minimum absolute atomic E-state index is 0.856. The van der Waals surface area contributed by atoms with E-state index in [1.807, 2.05) is 0 Å². The number of hydrogen-bond donors (Lipinski definition) is 0. The van der Waals surface area contributed by atoms with Crippen LogP contribution in [0, 0.1) is 0 Å². The van der Waals surface area contributed by atoms with E-state index in [0.29, 0.717) is 0 Å². The van der Waals surface area contributed by atoms with Gasteiger partial charge in [-0.2, -0.15) is 0 Å². The second-order valence-electron chi connectivity index (χ2n) is 11.6.